The molecule has 0 saturated heterocycles. The molecule has 2 rings (SSSR count). The van der Waals surface area contributed by atoms with Crippen LogP contribution in [-0.2, 0) is 4.79 Å². The van der Waals surface area contributed by atoms with E-state index in [0.29, 0.717) is 18.5 Å². The maximum Gasteiger partial charge on any atom is 0.237 e. The van der Waals surface area contributed by atoms with E-state index in [0.717, 1.165) is 12.0 Å². The fourth-order valence-electron chi connectivity index (χ4n) is 2.09. The molecule has 0 unspecified atom stereocenters. The molecule has 3 N–H and O–H groups in total. The van der Waals surface area contributed by atoms with E-state index in [-0.39, 0.29) is 16.7 Å². The van der Waals surface area contributed by atoms with Crippen molar-refractivity contribution in [3.05, 3.63) is 29.6 Å². The highest BCUT2D eigenvalue weighted by molar-refractivity contribution is 7.80. The zero-order valence-electron chi connectivity index (χ0n) is 10.1. The number of benzene rings is 1. The van der Waals surface area contributed by atoms with Gasteiger partial charge in [-0.2, -0.15) is 0 Å². The van der Waals surface area contributed by atoms with E-state index in [4.69, 9.17) is 18.0 Å². The van der Waals surface area contributed by atoms with Gasteiger partial charge in [-0.25, -0.2) is 4.39 Å². The SMILES string of the molecule is Cc1ccc(F)cc1NC(=O)C1(C(N)=S)CCC1. The van der Waals surface area contributed by atoms with Crippen LogP contribution < -0.4 is 11.1 Å². The highest BCUT2D eigenvalue weighted by atomic mass is 32.1. The molecule has 0 heterocycles. The molecular weight excluding hydrogens is 251 g/mol. The van der Waals surface area contributed by atoms with Crippen molar-refractivity contribution in [2.45, 2.75) is 26.2 Å². The van der Waals surface area contributed by atoms with Crippen molar-refractivity contribution >= 4 is 28.8 Å². The third-order valence-electron chi connectivity index (χ3n) is 3.56. The lowest BCUT2D eigenvalue weighted by Crippen LogP contribution is -2.50. The maximum absolute atomic E-state index is 13.1. The zero-order valence-corrected chi connectivity index (χ0v) is 10.9. The van der Waals surface area contributed by atoms with E-state index in [2.05, 4.69) is 5.32 Å². The van der Waals surface area contributed by atoms with Gasteiger partial charge in [-0.3, -0.25) is 4.79 Å². The van der Waals surface area contributed by atoms with Crippen LogP contribution in [0.3, 0.4) is 0 Å². The summed E-state index contributed by atoms with van der Waals surface area (Å²) in [5.74, 6) is -0.608. The molecule has 1 aliphatic carbocycles. The summed E-state index contributed by atoms with van der Waals surface area (Å²) in [5.41, 5.74) is 6.19. The molecule has 18 heavy (non-hydrogen) atoms. The number of halogens is 1. The van der Waals surface area contributed by atoms with Gasteiger partial charge in [-0.05, 0) is 37.5 Å². The second-order valence-corrected chi connectivity index (χ2v) is 5.15. The maximum atomic E-state index is 13.1. The molecule has 0 aliphatic heterocycles. The van der Waals surface area contributed by atoms with Crippen LogP contribution in [0.25, 0.3) is 0 Å². The highest BCUT2D eigenvalue weighted by Crippen LogP contribution is 2.42. The Bertz CT molecular complexity index is 512. The van der Waals surface area contributed by atoms with Crippen LogP contribution in [-0.4, -0.2) is 10.9 Å². The number of hydrogen-bond acceptors (Lipinski definition) is 2. The van der Waals surface area contributed by atoms with Crippen molar-refractivity contribution in [1.29, 1.82) is 0 Å². The van der Waals surface area contributed by atoms with E-state index in [1.807, 2.05) is 6.92 Å². The Morgan fingerprint density at radius 2 is 2.17 bits per heavy atom. The highest BCUT2D eigenvalue weighted by Gasteiger charge is 2.47. The zero-order chi connectivity index (χ0) is 13.3. The molecule has 0 atom stereocenters. The number of nitrogens with two attached hydrogens (primary N) is 1. The average Bonchev–Trinajstić information content (AvgIpc) is 2.21. The normalized spacial score (nSPS) is 16.8. The minimum atomic E-state index is -0.742. The molecule has 0 radical (unpaired) electrons. The fourth-order valence-corrected chi connectivity index (χ4v) is 2.38. The smallest absolute Gasteiger partial charge is 0.237 e. The number of thiocarbonyl (C=S) groups is 1. The van der Waals surface area contributed by atoms with E-state index in [1.54, 1.807) is 6.07 Å². The second kappa shape index (κ2) is 4.65. The summed E-state index contributed by atoms with van der Waals surface area (Å²) >= 11 is 4.97. The minimum absolute atomic E-state index is 0.223. The lowest BCUT2D eigenvalue weighted by molar-refractivity contribution is -0.125. The summed E-state index contributed by atoms with van der Waals surface area (Å²) < 4.78 is 13.1. The van der Waals surface area contributed by atoms with Gasteiger partial charge in [0, 0.05) is 5.69 Å². The van der Waals surface area contributed by atoms with E-state index in [1.165, 1.54) is 12.1 Å². The first-order chi connectivity index (χ1) is 8.45. The molecule has 1 fully saturated rings. The van der Waals surface area contributed by atoms with Gasteiger partial charge in [0.1, 0.15) is 5.82 Å². The van der Waals surface area contributed by atoms with Crippen LogP contribution in [0, 0.1) is 18.2 Å². The summed E-state index contributed by atoms with van der Waals surface area (Å²) in [7, 11) is 0. The Labute approximate surface area is 111 Å². The number of aryl methyl sites for hydroxylation is 1. The van der Waals surface area contributed by atoms with Crippen LogP contribution in [0.15, 0.2) is 18.2 Å². The summed E-state index contributed by atoms with van der Waals surface area (Å²) in [4.78, 5) is 12.4. The Balaban J connectivity index is 2.21. The molecular formula is C13H15FN2OS. The number of hydrogen-bond donors (Lipinski definition) is 2. The summed E-state index contributed by atoms with van der Waals surface area (Å²) in [5, 5.41) is 2.73. The van der Waals surface area contributed by atoms with Gasteiger partial charge in [-0.1, -0.05) is 24.7 Å². The number of amides is 1. The first kappa shape index (κ1) is 13.0. The first-order valence-corrected chi connectivity index (χ1v) is 6.24. The van der Waals surface area contributed by atoms with Gasteiger partial charge >= 0.3 is 0 Å². The van der Waals surface area contributed by atoms with Crippen LogP contribution in [0.5, 0.6) is 0 Å². The fraction of sp³-hybridized carbons (Fsp3) is 0.385. The molecule has 0 spiro atoms. The van der Waals surface area contributed by atoms with Crippen LogP contribution in [0.1, 0.15) is 24.8 Å². The molecule has 1 saturated carbocycles. The van der Waals surface area contributed by atoms with Crippen LogP contribution in [0.4, 0.5) is 10.1 Å². The van der Waals surface area contributed by atoms with Gasteiger partial charge in [0.15, 0.2) is 0 Å². The van der Waals surface area contributed by atoms with Gasteiger partial charge in [0.25, 0.3) is 0 Å². The van der Waals surface area contributed by atoms with E-state index < -0.39 is 5.41 Å². The number of carbonyl (C=O) groups is 1. The third kappa shape index (κ3) is 2.10. The molecule has 1 aliphatic rings. The predicted octanol–water partition coefficient (Wildman–Crippen LogP) is 2.53. The van der Waals surface area contributed by atoms with Gasteiger partial charge in [0.2, 0.25) is 5.91 Å². The Morgan fingerprint density at radius 3 is 2.67 bits per heavy atom. The molecule has 5 heteroatoms. The molecule has 1 amide bonds. The summed E-state index contributed by atoms with van der Waals surface area (Å²) in [6, 6.07) is 4.29. The van der Waals surface area contributed by atoms with E-state index >= 15 is 0 Å². The standard InChI is InChI=1S/C13H15FN2OS/c1-8-3-4-9(14)7-10(8)16-12(17)13(11(15)18)5-2-6-13/h3-4,7H,2,5-6H2,1H3,(H2,15,18)(H,16,17). The Morgan fingerprint density at radius 1 is 1.50 bits per heavy atom. The van der Waals surface area contributed by atoms with Crippen molar-refractivity contribution in [1.82, 2.24) is 0 Å². The van der Waals surface area contributed by atoms with Crippen molar-refractivity contribution < 1.29 is 9.18 Å². The monoisotopic (exact) mass is 266 g/mol. The average molecular weight is 266 g/mol. The van der Waals surface area contributed by atoms with Crippen molar-refractivity contribution in [3.63, 3.8) is 0 Å². The lowest BCUT2D eigenvalue weighted by Gasteiger charge is -2.39. The Hall–Kier alpha value is -1.49. The summed E-state index contributed by atoms with van der Waals surface area (Å²) in [6.07, 6.45) is 2.28. The van der Waals surface area contributed by atoms with Crippen molar-refractivity contribution in [2.24, 2.45) is 11.1 Å². The second-order valence-electron chi connectivity index (χ2n) is 4.71. The predicted molar refractivity (Wildman–Crippen MR) is 72.8 cm³/mol. The third-order valence-corrected chi connectivity index (χ3v) is 3.95. The van der Waals surface area contributed by atoms with E-state index in [9.17, 15) is 9.18 Å². The van der Waals surface area contributed by atoms with Crippen molar-refractivity contribution in [3.8, 4) is 0 Å². The largest absolute Gasteiger partial charge is 0.392 e. The number of carbonyl (C=O) groups excluding carboxylic acids is 1. The molecule has 0 bridgehead atoms. The first-order valence-electron chi connectivity index (χ1n) is 5.83. The molecule has 0 aromatic heterocycles. The molecule has 1 aromatic carbocycles. The minimum Gasteiger partial charge on any atom is -0.392 e. The topological polar surface area (TPSA) is 55.1 Å². The molecule has 96 valence electrons. The van der Waals surface area contributed by atoms with Gasteiger partial charge < -0.3 is 11.1 Å². The van der Waals surface area contributed by atoms with Gasteiger partial charge in [0.05, 0.1) is 10.4 Å². The lowest BCUT2D eigenvalue weighted by atomic mass is 9.68. The number of rotatable bonds is 3. The number of nitrogens with one attached hydrogen (secondary N) is 1. The Kier molecular flexibility index (Phi) is 3.34. The van der Waals surface area contributed by atoms with Gasteiger partial charge in [-0.15, -0.1) is 0 Å². The van der Waals surface area contributed by atoms with Crippen LogP contribution >= 0.6 is 12.2 Å². The molecule has 3 nitrogen and oxygen atoms in total. The van der Waals surface area contributed by atoms with Crippen LogP contribution in [0.2, 0.25) is 0 Å². The number of anilines is 1. The summed E-state index contributed by atoms with van der Waals surface area (Å²) in [6.45, 7) is 1.81. The molecule has 1 aromatic rings. The van der Waals surface area contributed by atoms with Crippen molar-refractivity contribution in [2.75, 3.05) is 5.32 Å². The quantitative estimate of drug-likeness (QED) is 0.827.